The first kappa shape index (κ1) is 12.2. The van der Waals surface area contributed by atoms with Crippen LogP contribution < -0.4 is 5.56 Å². The Bertz CT molecular complexity index is 960. The second-order valence-electron chi connectivity index (χ2n) is 4.12. The predicted octanol–water partition coefficient (Wildman–Crippen LogP) is 2.61. The summed E-state index contributed by atoms with van der Waals surface area (Å²) >= 11 is 0. The molecule has 3 aromatic rings. The van der Waals surface area contributed by atoms with E-state index in [4.69, 9.17) is 10.7 Å². The molecular formula is C13H8ClNO3S. The van der Waals surface area contributed by atoms with Crippen molar-refractivity contribution in [2.75, 3.05) is 0 Å². The van der Waals surface area contributed by atoms with E-state index in [1.807, 2.05) is 0 Å². The molecular weight excluding hydrogens is 286 g/mol. The van der Waals surface area contributed by atoms with Crippen molar-refractivity contribution < 1.29 is 8.42 Å². The van der Waals surface area contributed by atoms with E-state index in [1.54, 1.807) is 36.4 Å². The molecule has 0 bridgehead atoms. The molecule has 96 valence electrons. The van der Waals surface area contributed by atoms with Gasteiger partial charge in [0.2, 0.25) is 0 Å². The first-order chi connectivity index (χ1) is 8.98. The minimum Gasteiger partial charge on any atom is -0.321 e. The van der Waals surface area contributed by atoms with Crippen LogP contribution in [-0.4, -0.2) is 13.4 Å². The summed E-state index contributed by atoms with van der Waals surface area (Å²) in [6.45, 7) is 0. The molecule has 0 radical (unpaired) electrons. The molecule has 1 aromatic heterocycles. The molecule has 4 nitrogen and oxygen atoms in total. The van der Waals surface area contributed by atoms with Gasteiger partial charge in [-0.25, -0.2) is 8.42 Å². The van der Waals surface area contributed by atoms with Gasteiger partial charge in [-0.2, -0.15) is 0 Å². The largest absolute Gasteiger partial charge is 0.321 e. The smallest absolute Gasteiger partial charge is 0.262 e. The Morgan fingerprint density at radius 1 is 0.947 bits per heavy atom. The first-order valence-electron chi connectivity index (χ1n) is 5.47. The van der Waals surface area contributed by atoms with Crippen molar-refractivity contribution in [2.24, 2.45) is 0 Å². The van der Waals surface area contributed by atoms with Gasteiger partial charge in [0, 0.05) is 21.5 Å². The van der Waals surface area contributed by atoms with Gasteiger partial charge in [0.25, 0.3) is 14.6 Å². The third-order valence-corrected chi connectivity index (χ3v) is 4.34. The average Bonchev–Trinajstić information content (AvgIpc) is 2.37. The lowest BCUT2D eigenvalue weighted by atomic mass is 10.1. The molecule has 1 N–H and O–H groups in total. The van der Waals surface area contributed by atoms with Crippen LogP contribution in [0.3, 0.4) is 0 Å². The fourth-order valence-corrected chi connectivity index (χ4v) is 3.30. The van der Waals surface area contributed by atoms with Gasteiger partial charge in [0.15, 0.2) is 0 Å². The second kappa shape index (κ2) is 4.08. The van der Waals surface area contributed by atoms with E-state index in [9.17, 15) is 13.2 Å². The number of pyridine rings is 1. The fraction of sp³-hybridized carbons (Fsp3) is 0. The molecule has 0 fully saturated rings. The van der Waals surface area contributed by atoms with E-state index in [0.717, 1.165) is 0 Å². The van der Waals surface area contributed by atoms with Gasteiger partial charge in [0.05, 0.1) is 10.4 Å². The number of hydrogen-bond donors (Lipinski definition) is 1. The summed E-state index contributed by atoms with van der Waals surface area (Å²) in [6.07, 6.45) is 0. The molecule has 19 heavy (non-hydrogen) atoms. The number of aromatic amines is 1. The van der Waals surface area contributed by atoms with E-state index >= 15 is 0 Å². The molecule has 3 rings (SSSR count). The van der Waals surface area contributed by atoms with Crippen LogP contribution in [0, 0.1) is 0 Å². The second-order valence-corrected chi connectivity index (χ2v) is 6.65. The predicted molar refractivity (Wildman–Crippen MR) is 75.1 cm³/mol. The van der Waals surface area contributed by atoms with Crippen LogP contribution in [0.15, 0.2) is 52.2 Å². The highest BCUT2D eigenvalue weighted by atomic mass is 35.7. The Labute approximate surface area is 113 Å². The molecule has 0 amide bonds. The molecule has 0 saturated carbocycles. The standard InChI is InChI=1S/C13H8ClNO3S/c14-19(17,18)11-7-3-6-10-12(11)8-4-1-2-5-9(8)13(16)15-10/h1-7H,(H,15,16). The molecule has 0 aliphatic heterocycles. The summed E-state index contributed by atoms with van der Waals surface area (Å²) in [6, 6.07) is 11.4. The monoisotopic (exact) mass is 293 g/mol. The molecule has 0 aliphatic rings. The van der Waals surface area contributed by atoms with Crippen molar-refractivity contribution in [3.8, 4) is 0 Å². The van der Waals surface area contributed by atoms with E-state index in [0.29, 0.717) is 21.7 Å². The Balaban J connectivity index is 2.70. The lowest BCUT2D eigenvalue weighted by Gasteiger charge is -2.07. The van der Waals surface area contributed by atoms with E-state index in [2.05, 4.69) is 4.98 Å². The third-order valence-electron chi connectivity index (χ3n) is 2.98. The molecule has 1 heterocycles. The summed E-state index contributed by atoms with van der Waals surface area (Å²) in [5, 5.41) is 1.44. The zero-order chi connectivity index (χ0) is 13.6. The van der Waals surface area contributed by atoms with Crippen molar-refractivity contribution in [1.29, 1.82) is 0 Å². The van der Waals surface area contributed by atoms with E-state index in [1.165, 1.54) is 6.07 Å². The summed E-state index contributed by atoms with van der Waals surface area (Å²) in [4.78, 5) is 14.6. The van der Waals surface area contributed by atoms with Gasteiger partial charge < -0.3 is 4.98 Å². The van der Waals surface area contributed by atoms with Gasteiger partial charge in [-0.05, 0) is 23.6 Å². The van der Waals surface area contributed by atoms with Gasteiger partial charge in [-0.15, -0.1) is 0 Å². The number of halogens is 1. The van der Waals surface area contributed by atoms with E-state index in [-0.39, 0.29) is 10.5 Å². The normalized spacial score (nSPS) is 12.1. The number of H-pyrrole nitrogens is 1. The van der Waals surface area contributed by atoms with Crippen molar-refractivity contribution >= 4 is 41.4 Å². The maximum atomic E-state index is 11.9. The number of hydrogen-bond acceptors (Lipinski definition) is 3. The molecule has 0 spiro atoms. The van der Waals surface area contributed by atoms with Crippen molar-refractivity contribution in [3.63, 3.8) is 0 Å². The lowest BCUT2D eigenvalue weighted by Crippen LogP contribution is -2.07. The van der Waals surface area contributed by atoms with Crippen LogP contribution in [0.4, 0.5) is 0 Å². The lowest BCUT2D eigenvalue weighted by molar-refractivity contribution is 0.610. The van der Waals surface area contributed by atoms with Crippen molar-refractivity contribution in [3.05, 3.63) is 52.8 Å². The Morgan fingerprint density at radius 2 is 1.63 bits per heavy atom. The number of benzene rings is 2. The minimum atomic E-state index is -3.88. The van der Waals surface area contributed by atoms with Crippen LogP contribution in [-0.2, 0) is 9.05 Å². The summed E-state index contributed by atoms with van der Waals surface area (Å²) < 4.78 is 23.3. The Hall–Kier alpha value is -1.85. The molecule has 2 aromatic carbocycles. The Morgan fingerprint density at radius 3 is 2.32 bits per heavy atom. The third kappa shape index (κ3) is 1.91. The molecule has 0 aliphatic carbocycles. The summed E-state index contributed by atoms with van der Waals surface area (Å²) in [5.74, 6) is 0. The molecule has 0 atom stereocenters. The summed E-state index contributed by atoms with van der Waals surface area (Å²) in [7, 11) is 1.57. The highest BCUT2D eigenvalue weighted by molar-refractivity contribution is 8.14. The maximum absolute atomic E-state index is 11.9. The van der Waals surface area contributed by atoms with Crippen LogP contribution in [0.1, 0.15) is 0 Å². The number of rotatable bonds is 1. The van der Waals surface area contributed by atoms with Crippen LogP contribution in [0.25, 0.3) is 21.7 Å². The number of nitrogens with one attached hydrogen (secondary N) is 1. The van der Waals surface area contributed by atoms with Gasteiger partial charge in [0.1, 0.15) is 0 Å². The summed E-state index contributed by atoms with van der Waals surface area (Å²) in [5.41, 5.74) is 0.192. The van der Waals surface area contributed by atoms with Crippen molar-refractivity contribution in [2.45, 2.75) is 4.90 Å². The highest BCUT2D eigenvalue weighted by Gasteiger charge is 2.17. The van der Waals surface area contributed by atoms with Crippen LogP contribution >= 0.6 is 10.7 Å². The maximum Gasteiger partial charge on any atom is 0.262 e. The van der Waals surface area contributed by atoms with Crippen LogP contribution in [0.5, 0.6) is 0 Å². The molecule has 0 unspecified atom stereocenters. The van der Waals surface area contributed by atoms with Gasteiger partial charge in [-0.1, -0.05) is 24.3 Å². The average molecular weight is 294 g/mol. The van der Waals surface area contributed by atoms with Gasteiger partial charge >= 0.3 is 0 Å². The highest BCUT2D eigenvalue weighted by Crippen LogP contribution is 2.29. The number of aromatic nitrogens is 1. The number of fused-ring (bicyclic) bond motifs is 3. The van der Waals surface area contributed by atoms with Crippen LogP contribution in [0.2, 0.25) is 0 Å². The first-order valence-corrected chi connectivity index (χ1v) is 7.78. The zero-order valence-corrected chi connectivity index (χ0v) is 11.1. The molecule has 6 heteroatoms. The van der Waals surface area contributed by atoms with E-state index < -0.39 is 9.05 Å². The molecule has 0 saturated heterocycles. The minimum absolute atomic E-state index is 0.000818. The van der Waals surface area contributed by atoms with Gasteiger partial charge in [-0.3, -0.25) is 4.79 Å². The SMILES string of the molecule is O=c1[nH]c2cccc(S(=O)(=O)Cl)c2c2ccccc12. The van der Waals surface area contributed by atoms with Crippen molar-refractivity contribution in [1.82, 2.24) is 4.98 Å². The zero-order valence-electron chi connectivity index (χ0n) is 9.55. The fourth-order valence-electron chi connectivity index (χ4n) is 2.21. The Kier molecular flexibility index (Phi) is 2.62. The quantitative estimate of drug-likeness (QED) is 0.554. The topological polar surface area (TPSA) is 67.0 Å².